The first-order valence-corrected chi connectivity index (χ1v) is 5.28. The van der Waals surface area contributed by atoms with Crippen molar-refractivity contribution in [3.8, 4) is 0 Å². The smallest absolute Gasteiger partial charge is 0.325 e. The summed E-state index contributed by atoms with van der Waals surface area (Å²) >= 11 is 0. The largest absolute Gasteiger partial charge is 0.465 e. The zero-order valence-corrected chi connectivity index (χ0v) is 8.70. The monoisotopic (exact) mass is 201 g/mol. The fraction of sp³-hybridized carbons (Fsp3) is 0.900. The number of rotatable bonds is 5. The van der Waals surface area contributed by atoms with E-state index in [4.69, 9.17) is 15.2 Å². The second-order valence-electron chi connectivity index (χ2n) is 3.60. The van der Waals surface area contributed by atoms with Crippen LogP contribution in [0.15, 0.2) is 0 Å². The summed E-state index contributed by atoms with van der Waals surface area (Å²) in [5.41, 5.74) is 5.58. The van der Waals surface area contributed by atoms with Crippen LogP contribution < -0.4 is 5.73 Å². The van der Waals surface area contributed by atoms with Gasteiger partial charge in [-0.3, -0.25) is 4.79 Å². The molecule has 1 atom stereocenters. The highest BCUT2D eigenvalue weighted by atomic mass is 16.5. The molecule has 2 N–H and O–H groups in total. The number of carbonyl (C=O) groups is 1. The fourth-order valence-corrected chi connectivity index (χ4v) is 1.61. The Hall–Kier alpha value is -0.610. The van der Waals surface area contributed by atoms with Crippen LogP contribution in [0.4, 0.5) is 0 Å². The minimum atomic E-state index is -0.629. The molecule has 0 saturated heterocycles. The molecule has 0 heterocycles. The molecule has 4 nitrogen and oxygen atoms in total. The summed E-state index contributed by atoms with van der Waals surface area (Å²) < 4.78 is 10.3. The van der Waals surface area contributed by atoms with Crippen LogP contribution in [0.3, 0.4) is 0 Å². The standard InChI is InChI=1S/C10H19NO3/c1-2-13-10(12)9(11)7-14-8-5-3-4-6-8/h8-9H,2-7,11H2,1H3. The Morgan fingerprint density at radius 3 is 2.71 bits per heavy atom. The van der Waals surface area contributed by atoms with E-state index >= 15 is 0 Å². The predicted octanol–water partition coefficient (Wildman–Crippen LogP) is 0.836. The number of ether oxygens (including phenoxy) is 2. The molecule has 0 radical (unpaired) electrons. The Bertz CT molecular complexity index is 178. The number of carbonyl (C=O) groups excluding carboxylic acids is 1. The fourth-order valence-electron chi connectivity index (χ4n) is 1.61. The van der Waals surface area contributed by atoms with Gasteiger partial charge in [0.05, 0.1) is 19.3 Å². The van der Waals surface area contributed by atoms with Gasteiger partial charge >= 0.3 is 5.97 Å². The second kappa shape index (κ2) is 5.98. The molecule has 14 heavy (non-hydrogen) atoms. The lowest BCUT2D eigenvalue weighted by Crippen LogP contribution is -2.37. The van der Waals surface area contributed by atoms with Crippen LogP contribution >= 0.6 is 0 Å². The molecule has 1 aliphatic rings. The van der Waals surface area contributed by atoms with Crippen LogP contribution in [0.5, 0.6) is 0 Å². The molecule has 0 bridgehead atoms. The highest BCUT2D eigenvalue weighted by molar-refractivity contribution is 5.75. The van der Waals surface area contributed by atoms with E-state index in [-0.39, 0.29) is 12.6 Å². The Labute approximate surface area is 84.7 Å². The van der Waals surface area contributed by atoms with Gasteiger partial charge in [0.2, 0.25) is 0 Å². The van der Waals surface area contributed by atoms with Gasteiger partial charge in [-0.1, -0.05) is 12.8 Å². The normalized spacial score (nSPS) is 19.6. The van der Waals surface area contributed by atoms with Crippen molar-refractivity contribution >= 4 is 5.97 Å². The van der Waals surface area contributed by atoms with Crippen molar-refractivity contribution in [2.45, 2.75) is 44.8 Å². The van der Waals surface area contributed by atoms with Crippen LogP contribution in [0, 0.1) is 0 Å². The predicted molar refractivity (Wildman–Crippen MR) is 52.8 cm³/mol. The number of esters is 1. The zero-order valence-electron chi connectivity index (χ0n) is 8.70. The van der Waals surface area contributed by atoms with E-state index in [0.717, 1.165) is 12.8 Å². The van der Waals surface area contributed by atoms with E-state index in [2.05, 4.69) is 0 Å². The van der Waals surface area contributed by atoms with Crippen LogP contribution in [0.1, 0.15) is 32.6 Å². The maximum atomic E-state index is 11.1. The van der Waals surface area contributed by atoms with Gasteiger partial charge in [-0.05, 0) is 19.8 Å². The van der Waals surface area contributed by atoms with Gasteiger partial charge in [0.1, 0.15) is 6.04 Å². The lowest BCUT2D eigenvalue weighted by molar-refractivity contribution is -0.146. The minimum Gasteiger partial charge on any atom is -0.465 e. The molecule has 1 aliphatic carbocycles. The topological polar surface area (TPSA) is 61.5 Å². The lowest BCUT2D eigenvalue weighted by Gasteiger charge is -2.14. The molecule has 1 saturated carbocycles. The second-order valence-corrected chi connectivity index (χ2v) is 3.60. The Kier molecular flexibility index (Phi) is 4.90. The molecule has 4 heteroatoms. The first kappa shape index (κ1) is 11.5. The summed E-state index contributed by atoms with van der Waals surface area (Å²) in [6.07, 6.45) is 4.93. The van der Waals surface area contributed by atoms with Crippen molar-refractivity contribution in [1.82, 2.24) is 0 Å². The van der Waals surface area contributed by atoms with E-state index in [1.54, 1.807) is 6.92 Å². The molecule has 82 valence electrons. The number of nitrogens with two attached hydrogens (primary N) is 1. The van der Waals surface area contributed by atoms with Gasteiger partial charge in [0, 0.05) is 0 Å². The molecule has 0 aromatic carbocycles. The van der Waals surface area contributed by atoms with Gasteiger partial charge < -0.3 is 15.2 Å². The van der Waals surface area contributed by atoms with Gasteiger partial charge in [-0.2, -0.15) is 0 Å². The average molecular weight is 201 g/mol. The first-order chi connectivity index (χ1) is 6.74. The van der Waals surface area contributed by atoms with Crippen LogP contribution in [-0.4, -0.2) is 31.3 Å². The van der Waals surface area contributed by atoms with Crippen molar-refractivity contribution in [2.75, 3.05) is 13.2 Å². The molecular formula is C10H19NO3. The van der Waals surface area contributed by atoms with Crippen molar-refractivity contribution in [2.24, 2.45) is 5.73 Å². The summed E-state index contributed by atoms with van der Waals surface area (Å²) in [4.78, 5) is 11.1. The quantitative estimate of drug-likeness (QED) is 0.669. The third kappa shape index (κ3) is 3.64. The first-order valence-electron chi connectivity index (χ1n) is 5.28. The molecule has 1 fully saturated rings. The van der Waals surface area contributed by atoms with Gasteiger partial charge in [-0.15, -0.1) is 0 Å². The van der Waals surface area contributed by atoms with Crippen molar-refractivity contribution in [3.05, 3.63) is 0 Å². The summed E-state index contributed by atoms with van der Waals surface area (Å²) in [7, 11) is 0. The third-order valence-electron chi connectivity index (χ3n) is 2.40. The molecule has 0 aliphatic heterocycles. The maximum Gasteiger partial charge on any atom is 0.325 e. The summed E-state index contributed by atoms with van der Waals surface area (Å²) in [6.45, 7) is 2.42. The van der Waals surface area contributed by atoms with Crippen LogP contribution in [-0.2, 0) is 14.3 Å². The minimum absolute atomic E-state index is 0.281. The van der Waals surface area contributed by atoms with Crippen LogP contribution in [0.2, 0.25) is 0 Å². The number of hydrogen-bond acceptors (Lipinski definition) is 4. The van der Waals surface area contributed by atoms with Crippen molar-refractivity contribution in [3.63, 3.8) is 0 Å². The van der Waals surface area contributed by atoms with E-state index in [0.29, 0.717) is 12.7 Å². The van der Waals surface area contributed by atoms with Crippen LogP contribution in [0.25, 0.3) is 0 Å². The zero-order chi connectivity index (χ0) is 10.4. The van der Waals surface area contributed by atoms with E-state index in [9.17, 15) is 4.79 Å². The summed E-state index contributed by atoms with van der Waals surface area (Å²) in [5, 5.41) is 0. The Morgan fingerprint density at radius 1 is 1.50 bits per heavy atom. The lowest BCUT2D eigenvalue weighted by atomic mass is 10.3. The molecule has 0 spiro atoms. The third-order valence-corrected chi connectivity index (χ3v) is 2.40. The molecule has 0 aromatic heterocycles. The maximum absolute atomic E-state index is 11.1. The van der Waals surface area contributed by atoms with Gasteiger partial charge in [-0.25, -0.2) is 0 Å². The average Bonchev–Trinajstić information content (AvgIpc) is 2.67. The highest BCUT2D eigenvalue weighted by Crippen LogP contribution is 2.20. The summed E-state index contributed by atoms with van der Waals surface area (Å²) in [5.74, 6) is -0.370. The molecule has 1 rings (SSSR count). The molecule has 0 aromatic rings. The van der Waals surface area contributed by atoms with Crippen molar-refractivity contribution < 1.29 is 14.3 Å². The summed E-state index contributed by atoms with van der Waals surface area (Å²) in [6, 6.07) is -0.629. The molecular weight excluding hydrogens is 182 g/mol. The number of hydrogen-bond donors (Lipinski definition) is 1. The highest BCUT2D eigenvalue weighted by Gasteiger charge is 2.20. The SMILES string of the molecule is CCOC(=O)C(N)COC1CCCC1. The molecule has 0 amide bonds. The Balaban J connectivity index is 2.13. The Morgan fingerprint density at radius 2 is 2.14 bits per heavy atom. The van der Waals surface area contributed by atoms with E-state index in [1.165, 1.54) is 12.8 Å². The van der Waals surface area contributed by atoms with Crippen molar-refractivity contribution in [1.29, 1.82) is 0 Å². The van der Waals surface area contributed by atoms with Gasteiger partial charge in [0.25, 0.3) is 0 Å². The van der Waals surface area contributed by atoms with E-state index < -0.39 is 6.04 Å². The van der Waals surface area contributed by atoms with E-state index in [1.807, 2.05) is 0 Å². The molecule has 1 unspecified atom stereocenters. The van der Waals surface area contributed by atoms with Gasteiger partial charge in [0.15, 0.2) is 0 Å².